The van der Waals surface area contributed by atoms with Gasteiger partial charge in [-0.25, -0.2) is 4.57 Å². The first-order chi connectivity index (χ1) is 14.5. The van der Waals surface area contributed by atoms with E-state index in [1.165, 1.54) is 0 Å². The molecule has 0 amide bonds. The Bertz CT molecular complexity index is 728. The number of carbonyl (C=O) groups is 4. The fourth-order valence-electron chi connectivity index (χ4n) is 2.91. The van der Waals surface area contributed by atoms with Gasteiger partial charge in [-0.2, -0.15) is 0 Å². The minimum absolute atomic E-state index is 0.0859. The van der Waals surface area contributed by atoms with Crippen molar-refractivity contribution in [3.05, 3.63) is 0 Å². The van der Waals surface area contributed by atoms with Crippen molar-refractivity contribution in [3.63, 3.8) is 0 Å². The first-order valence-corrected chi connectivity index (χ1v) is 10.8. The Balaban J connectivity index is 2.41. The molecule has 2 aliphatic heterocycles. The molecule has 13 nitrogen and oxygen atoms in total. The SMILES string of the molecule is CC(=O)OC[C@H]1O[C@@H](OP2(=O)OCCCO2)[C@H](OC(C)=O)[C@@H](OC(C)=O)[C@H]1OC(C)=O. The zero-order chi connectivity index (χ0) is 23.2. The first kappa shape index (κ1) is 25.2. The molecule has 0 saturated carbocycles. The van der Waals surface area contributed by atoms with E-state index in [0.29, 0.717) is 6.42 Å². The van der Waals surface area contributed by atoms with E-state index < -0.39 is 69.0 Å². The Kier molecular flexibility index (Phi) is 8.95. The Morgan fingerprint density at radius 3 is 1.84 bits per heavy atom. The molecule has 31 heavy (non-hydrogen) atoms. The van der Waals surface area contributed by atoms with Gasteiger partial charge in [-0.1, -0.05) is 0 Å². The van der Waals surface area contributed by atoms with Crippen molar-refractivity contribution in [1.82, 2.24) is 0 Å². The second-order valence-corrected chi connectivity index (χ2v) is 8.26. The fraction of sp³-hybridized carbons (Fsp3) is 0.765. The van der Waals surface area contributed by atoms with E-state index in [1.807, 2.05) is 0 Å². The Hall–Kier alpha value is -2.05. The standard InChI is InChI=1S/C17H25O13P/c1-9(18)23-8-13-14(26-10(2)19)15(27-11(3)20)16(28-12(4)21)17(29-13)30-31(22)24-6-5-7-25-31/h13-17H,5-8H2,1-4H3/t13-,14+,15+,16-,17+/m1/s1. The average molecular weight is 468 g/mol. The fourth-order valence-corrected chi connectivity index (χ4v) is 4.24. The van der Waals surface area contributed by atoms with E-state index in [0.717, 1.165) is 27.7 Å². The zero-order valence-corrected chi connectivity index (χ0v) is 18.4. The van der Waals surface area contributed by atoms with E-state index in [9.17, 15) is 23.7 Å². The zero-order valence-electron chi connectivity index (χ0n) is 17.5. The van der Waals surface area contributed by atoms with Crippen LogP contribution in [0.15, 0.2) is 0 Å². The Morgan fingerprint density at radius 2 is 1.32 bits per heavy atom. The maximum Gasteiger partial charge on any atom is 0.477 e. The van der Waals surface area contributed by atoms with Gasteiger partial charge >= 0.3 is 31.7 Å². The smallest absolute Gasteiger partial charge is 0.463 e. The number of hydrogen-bond donors (Lipinski definition) is 0. The highest BCUT2D eigenvalue weighted by molar-refractivity contribution is 7.48. The number of ether oxygens (including phenoxy) is 5. The van der Waals surface area contributed by atoms with Crippen LogP contribution in [0.1, 0.15) is 34.1 Å². The summed E-state index contributed by atoms with van der Waals surface area (Å²) in [6, 6.07) is 0. The largest absolute Gasteiger partial charge is 0.477 e. The maximum atomic E-state index is 12.7. The van der Waals surface area contributed by atoms with Gasteiger partial charge in [-0.3, -0.25) is 32.7 Å². The summed E-state index contributed by atoms with van der Waals surface area (Å²) in [5.74, 6) is -3.06. The minimum atomic E-state index is -4.11. The number of esters is 4. The molecule has 0 N–H and O–H groups in total. The first-order valence-electron chi connectivity index (χ1n) is 9.39. The van der Waals surface area contributed by atoms with Crippen LogP contribution >= 0.6 is 7.82 Å². The van der Waals surface area contributed by atoms with Crippen LogP contribution in [-0.4, -0.2) is 74.4 Å². The molecular weight excluding hydrogens is 443 g/mol. The van der Waals surface area contributed by atoms with Crippen molar-refractivity contribution in [1.29, 1.82) is 0 Å². The van der Waals surface area contributed by atoms with E-state index in [4.69, 9.17) is 37.3 Å². The van der Waals surface area contributed by atoms with Gasteiger partial charge < -0.3 is 23.7 Å². The monoisotopic (exact) mass is 468 g/mol. The summed E-state index contributed by atoms with van der Waals surface area (Å²) < 4.78 is 54.5. The highest BCUT2D eigenvalue weighted by Crippen LogP contribution is 2.54. The molecule has 2 rings (SSSR count). The molecule has 0 unspecified atom stereocenters. The molecule has 0 bridgehead atoms. The predicted molar refractivity (Wildman–Crippen MR) is 97.2 cm³/mol. The number of phosphoric acid groups is 1. The number of hydrogen-bond acceptors (Lipinski definition) is 13. The summed E-state index contributed by atoms with van der Waals surface area (Å²) in [5.41, 5.74) is 0. The van der Waals surface area contributed by atoms with E-state index in [1.54, 1.807) is 0 Å². The number of rotatable bonds is 7. The second kappa shape index (κ2) is 11.0. The maximum absolute atomic E-state index is 12.7. The van der Waals surface area contributed by atoms with E-state index in [2.05, 4.69) is 0 Å². The highest BCUT2D eigenvalue weighted by Gasteiger charge is 2.55. The van der Waals surface area contributed by atoms with Crippen LogP contribution < -0.4 is 0 Å². The summed E-state index contributed by atoms with van der Waals surface area (Å²) in [6.07, 6.45) is -6.69. The summed E-state index contributed by atoms with van der Waals surface area (Å²) >= 11 is 0. The number of carbonyl (C=O) groups excluding carboxylic acids is 4. The van der Waals surface area contributed by atoms with Crippen LogP contribution in [0.4, 0.5) is 0 Å². The molecule has 0 radical (unpaired) electrons. The van der Waals surface area contributed by atoms with E-state index >= 15 is 0 Å². The molecule has 0 aliphatic carbocycles. The summed E-state index contributed by atoms with van der Waals surface area (Å²) in [5, 5.41) is 0. The highest BCUT2D eigenvalue weighted by atomic mass is 31.2. The van der Waals surface area contributed by atoms with Crippen molar-refractivity contribution in [2.75, 3.05) is 19.8 Å². The quantitative estimate of drug-likeness (QED) is 0.291. The summed E-state index contributed by atoms with van der Waals surface area (Å²) in [6.45, 7) is 4.12. The van der Waals surface area contributed by atoms with Gasteiger partial charge in [0.1, 0.15) is 12.7 Å². The van der Waals surface area contributed by atoms with Gasteiger partial charge in [0.25, 0.3) is 0 Å². The molecule has 176 valence electrons. The van der Waals surface area contributed by atoms with Crippen molar-refractivity contribution in [3.8, 4) is 0 Å². The van der Waals surface area contributed by atoms with Crippen LogP contribution in [-0.2, 0) is 61.0 Å². The molecular formula is C17H25O13P. The van der Waals surface area contributed by atoms with E-state index in [-0.39, 0.29) is 13.2 Å². The molecule has 0 aromatic heterocycles. The average Bonchev–Trinajstić information content (AvgIpc) is 2.64. The van der Waals surface area contributed by atoms with Crippen LogP contribution in [0.2, 0.25) is 0 Å². The summed E-state index contributed by atoms with van der Waals surface area (Å²) in [4.78, 5) is 46.4. The van der Waals surface area contributed by atoms with Crippen molar-refractivity contribution in [2.45, 2.75) is 64.8 Å². The topological polar surface area (TPSA) is 159 Å². The van der Waals surface area contributed by atoms with Gasteiger partial charge in [0, 0.05) is 27.7 Å². The van der Waals surface area contributed by atoms with Gasteiger partial charge in [-0.05, 0) is 6.42 Å². The van der Waals surface area contributed by atoms with Crippen LogP contribution in [0, 0.1) is 0 Å². The van der Waals surface area contributed by atoms with Crippen LogP contribution in [0.25, 0.3) is 0 Å². The van der Waals surface area contributed by atoms with Gasteiger partial charge in [-0.15, -0.1) is 0 Å². The van der Waals surface area contributed by atoms with Crippen LogP contribution in [0.5, 0.6) is 0 Å². The lowest BCUT2D eigenvalue weighted by atomic mass is 9.98. The Labute approximate surface area is 178 Å². The van der Waals surface area contributed by atoms with Gasteiger partial charge in [0.05, 0.1) is 13.2 Å². The third kappa shape index (κ3) is 7.54. The van der Waals surface area contributed by atoms with Crippen molar-refractivity contribution < 1.29 is 61.0 Å². The Morgan fingerprint density at radius 1 is 0.806 bits per heavy atom. The third-order valence-corrected chi connectivity index (χ3v) is 5.43. The molecule has 0 aromatic carbocycles. The second-order valence-electron chi connectivity index (χ2n) is 6.64. The molecule has 2 heterocycles. The lowest BCUT2D eigenvalue weighted by Gasteiger charge is -2.44. The molecule has 0 aromatic rings. The van der Waals surface area contributed by atoms with Gasteiger partial charge in [0.2, 0.25) is 6.29 Å². The molecule has 2 fully saturated rings. The van der Waals surface area contributed by atoms with Crippen molar-refractivity contribution in [2.24, 2.45) is 0 Å². The molecule has 5 atom stereocenters. The lowest BCUT2D eigenvalue weighted by molar-refractivity contribution is -0.292. The van der Waals surface area contributed by atoms with Crippen LogP contribution in [0.3, 0.4) is 0 Å². The molecule has 0 spiro atoms. The molecule has 2 aliphatic rings. The normalized spacial score (nSPS) is 30.0. The van der Waals surface area contributed by atoms with Gasteiger partial charge in [0.15, 0.2) is 18.3 Å². The summed E-state index contributed by atoms with van der Waals surface area (Å²) in [7, 11) is -4.11. The number of phosphoric ester groups is 1. The minimum Gasteiger partial charge on any atom is -0.463 e. The lowest BCUT2D eigenvalue weighted by Crippen LogP contribution is -2.62. The predicted octanol–water partition coefficient (Wildman–Crippen LogP) is 0.631. The molecule has 14 heteroatoms. The molecule has 2 saturated heterocycles. The third-order valence-electron chi connectivity index (χ3n) is 3.97. The van der Waals surface area contributed by atoms with Crippen molar-refractivity contribution >= 4 is 31.7 Å².